The Morgan fingerprint density at radius 3 is 2.72 bits per heavy atom. The molecule has 3 rings (SSSR count). The molecule has 2 aromatic rings. The monoisotopic (exact) mass is 235 g/mol. The van der Waals surface area contributed by atoms with Gasteiger partial charge in [-0.3, -0.25) is 0 Å². The first-order valence-corrected chi connectivity index (χ1v) is 5.90. The van der Waals surface area contributed by atoms with E-state index in [2.05, 4.69) is 16.9 Å². The van der Waals surface area contributed by atoms with Crippen molar-refractivity contribution in [3.63, 3.8) is 0 Å². The van der Waals surface area contributed by atoms with Gasteiger partial charge in [0, 0.05) is 17.7 Å². The Morgan fingerprint density at radius 1 is 1.06 bits per heavy atom. The third-order valence-corrected chi connectivity index (χ3v) is 3.11. The van der Waals surface area contributed by atoms with Gasteiger partial charge in [-0.25, -0.2) is 0 Å². The number of benzene rings is 2. The van der Waals surface area contributed by atoms with E-state index in [1.165, 1.54) is 5.56 Å². The van der Waals surface area contributed by atoms with Crippen molar-refractivity contribution in [1.29, 1.82) is 0 Å². The Kier molecular flexibility index (Phi) is 2.66. The SMILES string of the molecule is C#Cc1ccccc1N1COc2ccccc2C1. The highest BCUT2D eigenvalue weighted by atomic mass is 16.5. The zero-order valence-electron chi connectivity index (χ0n) is 9.97. The molecule has 0 N–H and O–H groups in total. The molecule has 0 amide bonds. The molecule has 0 fully saturated rings. The minimum absolute atomic E-state index is 0.537. The summed E-state index contributed by atoms with van der Waals surface area (Å²) < 4.78 is 5.75. The van der Waals surface area contributed by atoms with Crippen LogP contribution in [0, 0.1) is 12.3 Å². The third kappa shape index (κ3) is 1.80. The maximum absolute atomic E-state index is 5.75. The lowest BCUT2D eigenvalue weighted by Gasteiger charge is -2.31. The second-order valence-corrected chi connectivity index (χ2v) is 4.24. The topological polar surface area (TPSA) is 12.5 Å². The largest absolute Gasteiger partial charge is 0.473 e. The smallest absolute Gasteiger partial charge is 0.161 e. The molecule has 2 aromatic carbocycles. The van der Waals surface area contributed by atoms with Crippen LogP contribution in [-0.2, 0) is 6.54 Å². The van der Waals surface area contributed by atoms with E-state index in [9.17, 15) is 0 Å². The fourth-order valence-electron chi connectivity index (χ4n) is 2.20. The molecule has 2 nitrogen and oxygen atoms in total. The second-order valence-electron chi connectivity index (χ2n) is 4.24. The molecule has 0 saturated heterocycles. The van der Waals surface area contributed by atoms with Crippen LogP contribution in [0.25, 0.3) is 0 Å². The quantitative estimate of drug-likeness (QED) is 0.704. The summed E-state index contributed by atoms with van der Waals surface area (Å²) >= 11 is 0. The minimum atomic E-state index is 0.537. The van der Waals surface area contributed by atoms with Crippen molar-refractivity contribution < 1.29 is 4.74 Å². The number of nitrogens with zero attached hydrogens (tertiary/aromatic N) is 1. The maximum Gasteiger partial charge on any atom is 0.161 e. The van der Waals surface area contributed by atoms with E-state index in [1.807, 2.05) is 42.5 Å². The van der Waals surface area contributed by atoms with E-state index < -0.39 is 0 Å². The number of fused-ring (bicyclic) bond motifs is 1. The highest BCUT2D eigenvalue weighted by molar-refractivity contribution is 5.61. The Labute approximate surface area is 107 Å². The van der Waals surface area contributed by atoms with E-state index >= 15 is 0 Å². The van der Waals surface area contributed by atoms with Crippen LogP contribution in [0.15, 0.2) is 48.5 Å². The van der Waals surface area contributed by atoms with Gasteiger partial charge < -0.3 is 9.64 Å². The molecule has 18 heavy (non-hydrogen) atoms. The van der Waals surface area contributed by atoms with Crippen LogP contribution in [0.3, 0.4) is 0 Å². The average Bonchev–Trinajstić information content (AvgIpc) is 2.46. The van der Waals surface area contributed by atoms with E-state index in [-0.39, 0.29) is 0 Å². The van der Waals surface area contributed by atoms with E-state index in [4.69, 9.17) is 11.2 Å². The molecule has 0 aromatic heterocycles. The van der Waals surface area contributed by atoms with Crippen molar-refractivity contribution in [3.8, 4) is 18.1 Å². The first-order chi connectivity index (χ1) is 8.88. The molecule has 88 valence electrons. The van der Waals surface area contributed by atoms with Gasteiger partial charge in [0.25, 0.3) is 0 Å². The molecule has 0 spiro atoms. The van der Waals surface area contributed by atoms with Gasteiger partial charge in [0.2, 0.25) is 0 Å². The average molecular weight is 235 g/mol. The molecular formula is C16H13NO. The van der Waals surface area contributed by atoms with E-state index in [0.29, 0.717) is 6.73 Å². The molecule has 0 atom stereocenters. The minimum Gasteiger partial charge on any atom is -0.473 e. The van der Waals surface area contributed by atoms with Gasteiger partial charge in [0.15, 0.2) is 6.73 Å². The molecule has 1 aliphatic rings. The molecule has 2 heteroatoms. The maximum atomic E-state index is 5.75. The van der Waals surface area contributed by atoms with Crippen LogP contribution < -0.4 is 9.64 Å². The Balaban J connectivity index is 1.95. The van der Waals surface area contributed by atoms with Crippen LogP contribution >= 0.6 is 0 Å². The van der Waals surface area contributed by atoms with Gasteiger partial charge in [0.05, 0.1) is 5.69 Å². The Morgan fingerprint density at radius 2 is 1.83 bits per heavy atom. The lowest BCUT2D eigenvalue weighted by Crippen LogP contribution is -2.32. The summed E-state index contributed by atoms with van der Waals surface area (Å²) in [6.07, 6.45) is 5.53. The molecule has 0 radical (unpaired) electrons. The first kappa shape index (κ1) is 10.7. The van der Waals surface area contributed by atoms with Crippen LogP contribution in [0.5, 0.6) is 5.75 Å². The molecule has 1 aliphatic heterocycles. The zero-order valence-corrected chi connectivity index (χ0v) is 9.97. The highest BCUT2D eigenvalue weighted by Gasteiger charge is 2.18. The summed E-state index contributed by atoms with van der Waals surface area (Å²) in [5.41, 5.74) is 3.14. The zero-order chi connectivity index (χ0) is 12.4. The summed E-state index contributed by atoms with van der Waals surface area (Å²) in [6, 6.07) is 16.0. The summed E-state index contributed by atoms with van der Waals surface area (Å²) in [5.74, 6) is 3.68. The fraction of sp³-hybridized carbons (Fsp3) is 0.125. The van der Waals surface area contributed by atoms with E-state index in [0.717, 1.165) is 23.5 Å². The van der Waals surface area contributed by atoms with Gasteiger partial charge in [-0.2, -0.15) is 0 Å². The van der Waals surface area contributed by atoms with Crippen molar-refractivity contribution in [2.75, 3.05) is 11.6 Å². The predicted molar refractivity (Wildman–Crippen MR) is 72.5 cm³/mol. The molecular weight excluding hydrogens is 222 g/mol. The Hall–Kier alpha value is -2.40. The molecule has 1 heterocycles. The first-order valence-electron chi connectivity index (χ1n) is 5.90. The van der Waals surface area contributed by atoms with Crippen molar-refractivity contribution in [3.05, 3.63) is 59.7 Å². The number of anilines is 1. The summed E-state index contributed by atoms with van der Waals surface area (Å²) in [7, 11) is 0. The fourth-order valence-corrected chi connectivity index (χ4v) is 2.20. The number of hydrogen-bond donors (Lipinski definition) is 0. The number of terminal acetylenes is 1. The molecule has 0 saturated carbocycles. The van der Waals surface area contributed by atoms with Gasteiger partial charge in [-0.1, -0.05) is 36.3 Å². The normalized spacial score (nSPS) is 13.4. The summed E-state index contributed by atoms with van der Waals surface area (Å²) in [5, 5.41) is 0. The van der Waals surface area contributed by atoms with Gasteiger partial charge in [-0.05, 0) is 18.2 Å². The molecule has 0 bridgehead atoms. The lowest BCUT2D eigenvalue weighted by atomic mass is 10.1. The van der Waals surface area contributed by atoms with Crippen LogP contribution in [0.1, 0.15) is 11.1 Å². The van der Waals surface area contributed by atoms with Gasteiger partial charge in [0.1, 0.15) is 5.75 Å². The van der Waals surface area contributed by atoms with Crippen LogP contribution in [0.2, 0.25) is 0 Å². The van der Waals surface area contributed by atoms with Crippen molar-refractivity contribution >= 4 is 5.69 Å². The van der Waals surface area contributed by atoms with Crippen molar-refractivity contribution in [2.45, 2.75) is 6.54 Å². The summed E-state index contributed by atoms with van der Waals surface area (Å²) in [4.78, 5) is 2.15. The highest BCUT2D eigenvalue weighted by Crippen LogP contribution is 2.29. The third-order valence-electron chi connectivity index (χ3n) is 3.11. The number of hydrogen-bond acceptors (Lipinski definition) is 2. The van der Waals surface area contributed by atoms with Gasteiger partial charge in [-0.15, -0.1) is 6.42 Å². The lowest BCUT2D eigenvalue weighted by molar-refractivity contribution is 0.289. The van der Waals surface area contributed by atoms with Crippen LogP contribution in [-0.4, -0.2) is 6.73 Å². The molecule has 0 aliphatic carbocycles. The second kappa shape index (κ2) is 4.46. The predicted octanol–water partition coefficient (Wildman–Crippen LogP) is 3.02. The number of ether oxygens (including phenoxy) is 1. The van der Waals surface area contributed by atoms with Crippen molar-refractivity contribution in [1.82, 2.24) is 0 Å². The molecule has 0 unspecified atom stereocenters. The van der Waals surface area contributed by atoms with Gasteiger partial charge >= 0.3 is 0 Å². The summed E-state index contributed by atoms with van der Waals surface area (Å²) in [6.45, 7) is 1.37. The number of para-hydroxylation sites is 2. The van der Waals surface area contributed by atoms with Crippen LogP contribution in [0.4, 0.5) is 5.69 Å². The number of rotatable bonds is 1. The Bertz CT molecular complexity index is 612. The van der Waals surface area contributed by atoms with E-state index in [1.54, 1.807) is 0 Å². The van der Waals surface area contributed by atoms with Crippen molar-refractivity contribution in [2.24, 2.45) is 0 Å². The standard InChI is InChI=1S/C16H13NO/c1-2-13-7-3-5-9-15(13)17-11-14-8-4-6-10-16(14)18-12-17/h1,3-10H,11-12H2.